The Labute approximate surface area is 90.3 Å². The van der Waals surface area contributed by atoms with Crippen molar-refractivity contribution in [3.63, 3.8) is 0 Å². The normalized spacial score (nSPS) is 10.7. The third kappa shape index (κ3) is 3.01. The molecule has 1 rings (SSSR count). The Morgan fingerprint density at radius 1 is 1.44 bits per heavy atom. The van der Waals surface area contributed by atoms with E-state index >= 15 is 0 Å². The summed E-state index contributed by atoms with van der Waals surface area (Å²) in [6, 6.07) is 1.96. The lowest BCUT2D eigenvalue weighted by atomic mass is 10.2. The number of hydrogen-bond donors (Lipinski definition) is 0. The van der Waals surface area contributed by atoms with E-state index in [0.29, 0.717) is 6.20 Å². The van der Waals surface area contributed by atoms with Crippen LogP contribution in [0.3, 0.4) is 0 Å². The maximum Gasteiger partial charge on any atom is 0.235 e. The first-order chi connectivity index (χ1) is 7.54. The second-order valence-electron chi connectivity index (χ2n) is 2.83. The first kappa shape index (κ1) is 12.1. The van der Waals surface area contributed by atoms with Crippen molar-refractivity contribution in [2.45, 2.75) is 6.92 Å². The Kier molecular flexibility index (Phi) is 3.93. The van der Waals surface area contributed by atoms with Gasteiger partial charge in [0.15, 0.2) is 0 Å². The molecule has 0 saturated carbocycles. The smallest absolute Gasteiger partial charge is 0.235 e. The van der Waals surface area contributed by atoms with Crippen molar-refractivity contribution in [1.82, 2.24) is 0 Å². The average molecular weight is 229 g/mol. The Balaban J connectivity index is 3.07. The van der Waals surface area contributed by atoms with Crippen LogP contribution in [-0.4, -0.2) is 11.5 Å². The number of nitrogens with zero attached hydrogens (tertiary/aromatic N) is 1. The molecule has 1 aromatic rings. The zero-order valence-corrected chi connectivity index (χ0v) is 8.44. The number of hydrogen-bond acceptors (Lipinski definition) is 3. The van der Waals surface area contributed by atoms with Crippen LogP contribution in [0.1, 0.15) is 12.5 Å². The largest absolute Gasteiger partial charge is 0.494 e. The van der Waals surface area contributed by atoms with Crippen LogP contribution in [0.4, 0.5) is 8.78 Å². The summed E-state index contributed by atoms with van der Waals surface area (Å²) in [4.78, 5) is 9.22. The molecule has 86 valence electrons. The summed E-state index contributed by atoms with van der Waals surface area (Å²) in [5.74, 6) is -1.75. The minimum Gasteiger partial charge on any atom is -0.494 e. The van der Waals surface area contributed by atoms with Crippen LogP contribution in [0.2, 0.25) is 0 Å². The second-order valence-corrected chi connectivity index (χ2v) is 2.83. The number of nitro groups is 1. The summed E-state index contributed by atoms with van der Waals surface area (Å²) in [5.41, 5.74) is -0.458. The van der Waals surface area contributed by atoms with Crippen molar-refractivity contribution >= 4 is 6.08 Å². The molecule has 4 nitrogen and oxygen atoms in total. The molecule has 0 aliphatic heterocycles. The highest BCUT2D eigenvalue weighted by atomic mass is 19.1. The fourth-order valence-corrected chi connectivity index (χ4v) is 1.11. The highest BCUT2D eigenvalue weighted by Gasteiger charge is 2.10. The molecule has 0 heterocycles. The van der Waals surface area contributed by atoms with Gasteiger partial charge in [0, 0.05) is 18.2 Å². The fraction of sp³-hybridized carbons (Fsp3) is 0.200. The minimum absolute atomic E-state index is 0.0516. The SMILES string of the molecule is CCOc1cc(F)c(/C=C/[N+](=O)[O-])c(F)c1. The molecular weight excluding hydrogens is 220 g/mol. The van der Waals surface area contributed by atoms with Crippen molar-refractivity contribution in [2.24, 2.45) is 0 Å². The molecule has 0 N–H and O–H groups in total. The topological polar surface area (TPSA) is 52.4 Å². The molecule has 0 unspecified atom stereocenters. The van der Waals surface area contributed by atoms with Crippen LogP contribution < -0.4 is 4.74 Å². The monoisotopic (exact) mass is 229 g/mol. The Bertz CT molecular complexity index is 409. The van der Waals surface area contributed by atoms with Gasteiger partial charge >= 0.3 is 0 Å². The fourth-order valence-electron chi connectivity index (χ4n) is 1.11. The molecule has 0 saturated heterocycles. The standard InChI is InChI=1S/C10H9F2NO3/c1-2-16-7-5-9(11)8(10(12)6-7)3-4-13(14)15/h3-6H,2H2,1H3/b4-3+. The Hall–Kier alpha value is -1.98. The van der Waals surface area contributed by atoms with Gasteiger partial charge in [-0.15, -0.1) is 0 Å². The summed E-state index contributed by atoms with van der Waals surface area (Å²) < 4.78 is 31.5. The van der Waals surface area contributed by atoms with Crippen LogP contribution in [0, 0.1) is 21.7 Å². The molecule has 6 heteroatoms. The third-order valence-electron chi connectivity index (χ3n) is 1.73. The van der Waals surface area contributed by atoms with Crippen LogP contribution in [0.5, 0.6) is 5.75 Å². The first-order valence-electron chi connectivity index (χ1n) is 4.48. The van der Waals surface area contributed by atoms with E-state index in [0.717, 1.165) is 18.2 Å². The van der Waals surface area contributed by atoms with E-state index in [1.54, 1.807) is 6.92 Å². The van der Waals surface area contributed by atoms with Gasteiger partial charge in [0.25, 0.3) is 0 Å². The van der Waals surface area contributed by atoms with Gasteiger partial charge in [-0.05, 0) is 6.92 Å². The highest BCUT2D eigenvalue weighted by molar-refractivity contribution is 5.51. The van der Waals surface area contributed by atoms with Gasteiger partial charge in [-0.25, -0.2) is 8.78 Å². The molecule has 0 atom stereocenters. The van der Waals surface area contributed by atoms with Crippen molar-refractivity contribution in [1.29, 1.82) is 0 Å². The minimum atomic E-state index is -0.901. The van der Waals surface area contributed by atoms with Crippen molar-refractivity contribution < 1.29 is 18.4 Å². The van der Waals surface area contributed by atoms with E-state index in [1.165, 1.54) is 0 Å². The quantitative estimate of drug-likeness (QED) is 0.589. The summed E-state index contributed by atoms with van der Waals surface area (Å²) >= 11 is 0. The Morgan fingerprint density at radius 3 is 2.44 bits per heavy atom. The molecule has 0 spiro atoms. The van der Waals surface area contributed by atoms with E-state index in [2.05, 4.69) is 0 Å². The molecule has 0 aromatic heterocycles. The summed E-state index contributed by atoms with van der Waals surface area (Å²) in [5, 5.41) is 10.0. The predicted molar refractivity (Wildman–Crippen MR) is 53.6 cm³/mol. The summed E-state index contributed by atoms with van der Waals surface area (Å²) in [6.45, 7) is 1.96. The van der Waals surface area contributed by atoms with Crippen LogP contribution in [0.15, 0.2) is 18.3 Å². The van der Waals surface area contributed by atoms with E-state index in [-0.39, 0.29) is 12.4 Å². The van der Waals surface area contributed by atoms with Gasteiger partial charge in [-0.3, -0.25) is 10.1 Å². The molecule has 0 aliphatic carbocycles. The van der Waals surface area contributed by atoms with E-state index in [4.69, 9.17) is 4.74 Å². The lowest BCUT2D eigenvalue weighted by Crippen LogP contribution is -1.96. The molecule has 1 aromatic carbocycles. The maximum absolute atomic E-state index is 13.3. The van der Waals surface area contributed by atoms with Gasteiger partial charge in [0.1, 0.15) is 17.4 Å². The number of benzene rings is 1. The van der Waals surface area contributed by atoms with Crippen LogP contribution in [0.25, 0.3) is 6.08 Å². The van der Waals surface area contributed by atoms with Crippen molar-refractivity contribution in [3.05, 3.63) is 45.6 Å². The van der Waals surface area contributed by atoms with Crippen molar-refractivity contribution in [2.75, 3.05) is 6.61 Å². The van der Waals surface area contributed by atoms with Gasteiger partial charge in [0.05, 0.1) is 17.1 Å². The maximum atomic E-state index is 13.3. The second kappa shape index (κ2) is 5.20. The number of halogens is 2. The lowest BCUT2D eigenvalue weighted by molar-refractivity contribution is -0.401. The molecular formula is C10H9F2NO3. The number of rotatable bonds is 4. The zero-order chi connectivity index (χ0) is 12.1. The predicted octanol–water partition coefficient (Wildman–Crippen LogP) is 2.61. The molecule has 0 fully saturated rings. The zero-order valence-electron chi connectivity index (χ0n) is 8.44. The van der Waals surface area contributed by atoms with Crippen LogP contribution in [-0.2, 0) is 0 Å². The molecule has 0 aliphatic rings. The van der Waals surface area contributed by atoms with E-state index < -0.39 is 22.1 Å². The Morgan fingerprint density at radius 2 is 2.00 bits per heavy atom. The van der Waals surface area contributed by atoms with Gasteiger partial charge in [-0.1, -0.05) is 0 Å². The molecule has 0 bridgehead atoms. The van der Waals surface area contributed by atoms with Gasteiger partial charge in [-0.2, -0.15) is 0 Å². The third-order valence-corrected chi connectivity index (χ3v) is 1.73. The molecule has 0 amide bonds. The van der Waals surface area contributed by atoms with E-state index in [9.17, 15) is 18.9 Å². The molecule has 16 heavy (non-hydrogen) atoms. The molecule has 0 radical (unpaired) electrons. The highest BCUT2D eigenvalue weighted by Crippen LogP contribution is 2.21. The first-order valence-corrected chi connectivity index (χ1v) is 4.48. The van der Waals surface area contributed by atoms with Gasteiger partial charge < -0.3 is 4.74 Å². The summed E-state index contributed by atoms with van der Waals surface area (Å²) in [7, 11) is 0. The summed E-state index contributed by atoms with van der Waals surface area (Å²) in [6.07, 6.45) is 1.24. The van der Waals surface area contributed by atoms with E-state index in [1.807, 2.05) is 0 Å². The average Bonchev–Trinajstić information content (AvgIpc) is 2.16. The number of ether oxygens (including phenoxy) is 1. The van der Waals surface area contributed by atoms with Gasteiger partial charge in [0.2, 0.25) is 6.20 Å². The lowest BCUT2D eigenvalue weighted by Gasteiger charge is -2.05. The van der Waals surface area contributed by atoms with Crippen LogP contribution >= 0.6 is 0 Å². The van der Waals surface area contributed by atoms with Crippen molar-refractivity contribution in [3.8, 4) is 5.75 Å².